The standard InChI is InChI=1S/C19H21NO11S2/c1-8-20-13-6-5-12(7-14(13)32-8)30-18-16(28-10(3)22)15(27-9(2)21)17(29-11(4)23)19(31-18)33(24,25)26/h5-7,15-19H,1-4H3,(H,24,25,26)/t15-,16-,17+,18-,19?/m0/s1. The van der Waals surface area contributed by atoms with Crippen molar-refractivity contribution >= 4 is 49.6 Å². The molecule has 0 aliphatic carbocycles. The summed E-state index contributed by atoms with van der Waals surface area (Å²) in [4.78, 5) is 39.4. The summed E-state index contributed by atoms with van der Waals surface area (Å²) in [7, 11) is -5.02. The van der Waals surface area contributed by atoms with Crippen molar-refractivity contribution in [2.24, 2.45) is 0 Å². The molecule has 14 heteroatoms. The summed E-state index contributed by atoms with van der Waals surface area (Å²) in [6, 6.07) is 4.79. The fourth-order valence-electron chi connectivity index (χ4n) is 3.30. The SMILES string of the molecule is CC(=O)O[C@@H]1[C@@H](Oc2ccc3nc(C)sc3c2)OC(S(=O)(=O)O)[C@H](OC(C)=O)[C@H]1OC(C)=O. The summed E-state index contributed by atoms with van der Waals surface area (Å²) in [6.07, 6.45) is -6.73. The van der Waals surface area contributed by atoms with Crippen LogP contribution in [0.3, 0.4) is 0 Å². The zero-order valence-electron chi connectivity index (χ0n) is 17.9. The number of carbonyl (C=O) groups is 3. The number of aryl methyl sites for hydroxylation is 1. The first-order chi connectivity index (χ1) is 15.3. The lowest BCUT2D eigenvalue weighted by Gasteiger charge is -2.42. The van der Waals surface area contributed by atoms with E-state index in [4.69, 9.17) is 23.7 Å². The van der Waals surface area contributed by atoms with E-state index in [1.165, 1.54) is 17.4 Å². The maximum absolute atomic E-state index is 12.0. The smallest absolute Gasteiger partial charge is 0.303 e. The summed E-state index contributed by atoms with van der Waals surface area (Å²) in [6.45, 7) is 4.87. The zero-order valence-corrected chi connectivity index (χ0v) is 19.5. The molecular formula is C19H21NO11S2. The minimum Gasteiger partial charge on any atom is -0.461 e. The van der Waals surface area contributed by atoms with Gasteiger partial charge in [0, 0.05) is 20.8 Å². The van der Waals surface area contributed by atoms with E-state index in [2.05, 4.69) is 4.98 Å². The van der Waals surface area contributed by atoms with Crippen LogP contribution >= 0.6 is 11.3 Å². The molecule has 5 atom stereocenters. The molecule has 3 rings (SSSR count). The number of esters is 3. The van der Waals surface area contributed by atoms with Gasteiger partial charge >= 0.3 is 17.9 Å². The van der Waals surface area contributed by atoms with Gasteiger partial charge in [0.1, 0.15) is 5.75 Å². The van der Waals surface area contributed by atoms with Crippen molar-refractivity contribution in [3.8, 4) is 5.75 Å². The van der Waals surface area contributed by atoms with Crippen molar-refractivity contribution in [3.05, 3.63) is 23.2 Å². The fourth-order valence-corrected chi connectivity index (χ4v) is 4.96. The quantitative estimate of drug-likeness (QED) is 0.342. The number of hydrogen-bond acceptors (Lipinski definition) is 12. The number of nitrogens with zero attached hydrogens (tertiary/aromatic N) is 1. The predicted molar refractivity (Wildman–Crippen MR) is 112 cm³/mol. The van der Waals surface area contributed by atoms with Gasteiger partial charge in [-0.1, -0.05) is 0 Å². The second kappa shape index (κ2) is 9.59. The van der Waals surface area contributed by atoms with E-state index in [0.29, 0.717) is 5.52 Å². The van der Waals surface area contributed by atoms with Crippen LogP contribution in [0.1, 0.15) is 25.8 Å². The van der Waals surface area contributed by atoms with Crippen LogP contribution < -0.4 is 4.74 Å². The van der Waals surface area contributed by atoms with Gasteiger partial charge in [0.05, 0.1) is 15.2 Å². The summed E-state index contributed by atoms with van der Waals surface area (Å²) in [5.74, 6) is -2.50. The number of ether oxygens (including phenoxy) is 5. The zero-order chi connectivity index (χ0) is 24.5. The number of hydrogen-bond donors (Lipinski definition) is 1. The third-order valence-electron chi connectivity index (χ3n) is 4.37. The summed E-state index contributed by atoms with van der Waals surface area (Å²) in [5.41, 5.74) is -1.49. The van der Waals surface area contributed by atoms with Crippen LogP contribution in [-0.4, -0.2) is 65.9 Å². The second-order valence-electron chi connectivity index (χ2n) is 7.09. The van der Waals surface area contributed by atoms with Crippen LogP contribution in [0, 0.1) is 6.92 Å². The maximum atomic E-state index is 12.0. The van der Waals surface area contributed by atoms with Gasteiger partial charge in [-0.15, -0.1) is 11.3 Å². The van der Waals surface area contributed by atoms with Crippen molar-refractivity contribution < 1.29 is 51.0 Å². The number of aromatic nitrogens is 1. The molecule has 12 nitrogen and oxygen atoms in total. The van der Waals surface area contributed by atoms with Gasteiger partial charge in [0.15, 0.2) is 12.2 Å². The van der Waals surface area contributed by atoms with Crippen LogP contribution in [0.25, 0.3) is 10.2 Å². The van der Waals surface area contributed by atoms with E-state index >= 15 is 0 Å². The Hall–Kier alpha value is -2.81. The third kappa shape index (κ3) is 5.96. The molecule has 180 valence electrons. The highest BCUT2D eigenvalue weighted by molar-refractivity contribution is 7.86. The van der Waals surface area contributed by atoms with Gasteiger partial charge in [-0.25, -0.2) is 4.98 Å². The first-order valence-electron chi connectivity index (χ1n) is 9.52. The Bertz CT molecular complexity index is 1180. The van der Waals surface area contributed by atoms with E-state index in [9.17, 15) is 27.4 Å². The number of rotatable bonds is 6. The molecule has 0 radical (unpaired) electrons. The molecule has 0 bridgehead atoms. The molecule has 1 aromatic heterocycles. The van der Waals surface area contributed by atoms with Gasteiger partial charge in [0.2, 0.25) is 17.8 Å². The summed E-state index contributed by atoms with van der Waals surface area (Å²) < 4.78 is 61.0. The largest absolute Gasteiger partial charge is 0.461 e. The molecule has 1 saturated heterocycles. The van der Waals surface area contributed by atoms with Crippen LogP contribution in [0.4, 0.5) is 0 Å². The first-order valence-corrected chi connectivity index (χ1v) is 11.8. The number of fused-ring (bicyclic) bond motifs is 1. The van der Waals surface area contributed by atoms with E-state index in [0.717, 1.165) is 30.5 Å². The van der Waals surface area contributed by atoms with Crippen LogP contribution in [0.15, 0.2) is 18.2 Å². The number of carbonyl (C=O) groups excluding carboxylic acids is 3. The Morgan fingerprint density at radius 2 is 1.58 bits per heavy atom. The van der Waals surface area contributed by atoms with E-state index < -0.39 is 58.1 Å². The average Bonchev–Trinajstić information content (AvgIpc) is 3.03. The normalized spacial score (nSPS) is 25.3. The summed E-state index contributed by atoms with van der Waals surface area (Å²) in [5, 5.41) is 0.805. The predicted octanol–water partition coefficient (Wildman–Crippen LogP) is 1.35. The second-order valence-corrected chi connectivity index (χ2v) is 9.82. The Morgan fingerprint density at radius 3 is 2.15 bits per heavy atom. The highest BCUT2D eigenvalue weighted by atomic mass is 32.2. The van der Waals surface area contributed by atoms with Crippen molar-refractivity contribution in [1.29, 1.82) is 0 Å². The molecule has 2 heterocycles. The molecule has 0 amide bonds. The number of thiazole rings is 1. The lowest BCUT2D eigenvalue weighted by molar-refractivity contribution is -0.269. The monoisotopic (exact) mass is 503 g/mol. The van der Waals surface area contributed by atoms with Gasteiger partial charge in [-0.2, -0.15) is 8.42 Å². The fraction of sp³-hybridized carbons (Fsp3) is 0.474. The van der Waals surface area contributed by atoms with E-state index in [1.54, 1.807) is 12.1 Å². The highest BCUT2D eigenvalue weighted by Crippen LogP contribution is 2.34. The van der Waals surface area contributed by atoms with Gasteiger partial charge in [-0.05, 0) is 25.1 Å². The maximum Gasteiger partial charge on any atom is 0.303 e. The van der Waals surface area contributed by atoms with Gasteiger partial charge in [-0.3, -0.25) is 18.9 Å². The molecule has 0 spiro atoms. The Kier molecular flexibility index (Phi) is 7.21. The lowest BCUT2D eigenvalue weighted by Crippen LogP contribution is -2.64. The molecule has 1 aliphatic heterocycles. The summed E-state index contributed by atoms with van der Waals surface area (Å²) >= 11 is 1.38. The Morgan fingerprint density at radius 1 is 1.00 bits per heavy atom. The average molecular weight is 504 g/mol. The first kappa shape index (κ1) is 24.8. The molecule has 1 aromatic carbocycles. The topological polar surface area (TPSA) is 165 Å². The molecule has 2 aromatic rings. The lowest BCUT2D eigenvalue weighted by atomic mass is 10.0. The van der Waals surface area contributed by atoms with E-state index in [-0.39, 0.29) is 5.75 Å². The van der Waals surface area contributed by atoms with Gasteiger partial charge < -0.3 is 23.7 Å². The van der Waals surface area contributed by atoms with Gasteiger partial charge in [0.25, 0.3) is 10.1 Å². The highest BCUT2D eigenvalue weighted by Gasteiger charge is 2.57. The van der Waals surface area contributed by atoms with Crippen LogP contribution in [0.5, 0.6) is 5.75 Å². The molecule has 1 aliphatic rings. The Labute approximate surface area is 192 Å². The van der Waals surface area contributed by atoms with Crippen molar-refractivity contribution in [1.82, 2.24) is 4.98 Å². The molecular weight excluding hydrogens is 482 g/mol. The van der Waals surface area contributed by atoms with E-state index in [1.807, 2.05) is 6.92 Å². The minimum absolute atomic E-state index is 0.190. The Balaban J connectivity index is 2.05. The molecule has 1 fully saturated rings. The van der Waals surface area contributed by atoms with Crippen molar-refractivity contribution in [2.75, 3.05) is 0 Å². The molecule has 1 N–H and O–H groups in total. The van der Waals surface area contributed by atoms with Crippen LogP contribution in [0.2, 0.25) is 0 Å². The third-order valence-corrected chi connectivity index (χ3v) is 6.27. The van der Waals surface area contributed by atoms with Crippen molar-refractivity contribution in [3.63, 3.8) is 0 Å². The minimum atomic E-state index is -5.02. The molecule has 1 unspecified atom stereocenters. The van der Waals surface area contributed by atoms with Crippen molar-refractivity contribution in [2.45, 2.75) is 57.7 Å². The van der Waals surface area contributed by atoms with Crippen LogP contribution in [-0.2, 0) is 43.4 Å². The molecule has 0 saturated carbocycles. The number of benzene rings is 1. The molecule has 33 heavy (non-hydrogen) atoms.